The molecule has 9 aromatic carbocycles. The van der Waals surface area contributed by atoms with Crippen molar-refractivity contribution in [2.45, 2.75) is 12.4 Å². The lowest BCUT2D eigenvalue weighted by atomic mass is 9.89. The van der Waals surface area contributed by atoms with Crippen molar-refractivity contribution >= 4 is 43.6 Å². The van der Waals surface area contributed by atoms with Gasteiger partial charge in [-0.15, -0.1) is 0 Å². The monoisotopic (exact) mass is 923 g/mol. The van der Waals surface area contributed by atoms with Crippen molar-refractivity contribution in [2.75, 3.05) is 0 Å². The molecule has 0 aliphatic heterocycles. The lowest BCUT2D eigenvalue weighted by molar-refractivity contribution is -0.142. The van der Waals surface area contributed by atoms with Gasteiger partial charge in [-0.05, 0) is 119 Å². The minimum absolute atomic E-state index is 0.120. The summed E-state index contributed by atoms with van der Waals surface area (Å²) in [6.07, 6.45) is -10.3. The first-order valence-corrected chi connectivity index (χ1v) is 21.9. The van der Waals surface area contributed by atoms with Crippen molar-refractivity contribution < 1.29 is 26.3 Å². The molecule has 2 heterocycles. The molecule has 11 aromatic rings. The molecule has 0 unspecified atom stereocenters. The SMILES string of the molecule is N#Cc1ccccc1-c1ccc2c(c1)c1ccccc1n2-c1ccc(C#N)c(-c2cc(-c3c(C(F)(F)F)cccc3C(F)(F)F)ccc2-n2c3ccccc3c3cc(-c4ccccc4C#N)ccc32)c1. The first kappa shape index (κ1) is 43.2. The number of para-hydroxylation sites is 2. The molecule has 5 nitrogen and oxygen atoms in total. The Morgan fingerprint density at radius 2 is 0.800 bits per heavy atom. The van der Waals surface area contributed by atoms with Crippen molar-refractivity contribution in [3.05, 3.63) is 216 Å². The third-order valence-electron chi connectivity index (χ3n) is 12.9. The summed E-state index contributed by atoms with van der Waals surface area (Å²) in [6.45, 7) is 0. The number of halogens is 6. The van der Waals surface area contributed by atoms with E-state index in [4.69, 9.17) is 0 Å². The molecule has 0 fully saturated rings. The maximum atomic E-state index is 14.9. The third kappa shape index (κ3) is 7.01. The highest BCUT2D eigenvalue weighted by atomic mass is 19.4. The second-order valence-corrected chi connectivity index (χ2v) is 16.8. The highest BCUT2D eigenvalue weighted by molar-refractivity contribution is 6.12. The third-order valence-corrected chi connectivity index (χ3v) is 12.9. The number of nitrogens with zero attached hydrogens (tertiary/aromatic N) is 5. The zero-order chi connectivity index (χ0) is 48.5. The molecule has 0 amide bonds. The van der Waals surface area contributed by atoms with Crippen molar-refractivity contribution in [3.63, 3.8) is 0 Å². The summed E-state index contributed by atoms with van der Waals surface area (Å²) < 4.78 is 93.1. The molecule has 0 N–H and O–H groups in total. The van der Waals surface area contributed by atoms with Crippen LogP contribution in [0.3, 0.4) is 0 Å². The number of rotatable bonds is 6. The van der Waals surface area contributed by atoms with Gasteiger partial charge >= 0.3 is 12.4 Å². The van der Waals surface area contributed by atoms with Gasteiger partial charge in [0.2, 0.25) is 0 Å². The number of hydrogen-bond donors (Lipinski definition) is 0. The van der Waals surface area contributed by atoms with E-state index in [1.54, 1.807) is 42.5 Å². The van der Waals surface area contributed by atoms with Gasteiger partial charge in [0.05, 0.1) is 73.8 Å². The molecular formula is C59H31F6N5. The van der Waals surface area contributed by atoms with Gasteiger partial charge in [-0.25, -0.2) is 0 Å². The molecule has 0 spiro atoms. The van der Waals surface area contributed by atoms with Crippen LogP contribution in [0.5, 0.6) is 0 Å². The Morgan fingerprint density at radius 1 is 0.343 bits per heavy atom. The predicted molar refractivity (Wildman–Crippen MR) is 261 cm³/mol. The van der Waals surface area contributed by atoms with E-state index < -0.39 is 29.0 Å². The summed E-state index contributed by atoms with van der Waals surface area (Å²) in [6, 6.07) is 59.3. The van der Waals surface area contributed by atoms with Gasteiger partial charge in [0, 0.05) is 43.9 Å². The topological polar surface area (TPSA) is 81.2 Å². The van der Waals surface area contributed by atoms with Crippen LogP contribution < -0.4 is 0 Å². The summed E-state index contributed by atoms with van der Waals surface area (Å²) >= 11 is 0. The van der Waals surface area contributed by atoms with Crippen LogP contribution in [0.2, 0.25) is 0 Å². The molecule has 0 saturated carbocycles. The Morgan fingerprint density at radius 3 is 1.34 bits per heavy atom. The normalized spacial score (nSPS) is 11.8. The standard InChI is InChI=1S/C59H31F6N5/c60-58(61,62)50-16-9-17-51(59(63,64)65)57(50)37-23-27-56(70-53-19-8-6-15-45(53)48-29-36(22-26-55(48)70)43-13-4-2-11-39(43)33-67)49(30-37)46-31-41(24-20-40(46)34-68)69-52-18-7-5-14-44(52)47-28-35(21-25-54(47)69)42-12-3-1-10-38(42)32-66/h1-31H. The maximum Gasteiger partial charge on any atom is 0.417 e. The van der Waals surface area contributed by atoms with Crippen molar-refractivity contribution in [1.82, 2.24) is 9.13 Å². The van der Waals surface area contributed by atoms with Crippen molar-refractivity contribution in [1.29, 1.82) is 15.8 Å². The van der Waals surface area contributed by atoms with Crippen LogP contribution in [0.25, 0.3) is 99.5 Å². The molecular weight excluding hydrogens is 893 g/mol. The van der Waals surface area contributed by atoms with E-state index in [0.717, 1.165) is 55.3 Å². The van der Waals surface area contributed by atoms with E-state index in [1.165, 1.54) is 18.2 Å². The number of nitriles is 3. The zero-order valence-corrected chi connectivity index (χ0v) is 36.4. The van der Waals surface area contributed by atoms with E-state index in [1.807, 2.05) is 118 Å². The van der Waals surface area contributed by atoms with Gasteiger partial charge < -0.3 is 9.13 Å². The minimum atomic E-state index is -5.16. The van der Waals surface area contributed by atoms with Crippen LogP contribution in [0.1, 0.15) is 27.8 Å². The summed E-state index contributed by atoms with van der Waals surface area (Å²) in [7, 11) is 0. The molecule has 2 aromatic heterocycles. The van der Waals surface area contributed by atoms with Gasteiger partial charge in [0.1, 0.15) is 0 Å². The number of aromatic nitrogens is 2. The molecule has 11 rings (SSSR count). The minimum Gasteiger partial charge on any atom is -0.309 e. The average Bonchev–Trinajstić information content (AvgIpc) is 3.89. The maximum absolute atomic E-state index is 14.9. The fourth-order valence-corrected chi connectivity index (χ4v) is 9.91. The summed E-state index contributed by atoms with van der Waals surface area (Å²) in [4.78, 5) is 0. The fraction of sp³-hybridized carbons (Fsp3) is 0.0339. The van der Waals surface area contributed by atoms with Crippen molar-refractivity contribution in [2.24, 2.45) is 0 Å². The van der Waals surface area contributed by atoms with Gasteiger partial charge in [-0.3, -0.25) is 0 Å². The van der Waals surface area contributed by atoms with E-state index in [2.05, 4.69) is 18.2 Å². The highest BCUT2D eigenvalue weighted by Gasteiger charge is 2.41. The summed E-state index contributed by atoms with van der Waals surface area (Å²) in [5.74, 6) is 0. The van der Waals surface area contributed by atoms with Gasteiger partial charge in [0.15, 0.2) is 0 Å². The second-order valence-electron chi connectivity index (χ2n) is 16.8. The first-order chi connectivity index (χ1) is 33.9. The Balaban J connectivity index is 1.21. The van der Waals surface area contributed by atoms with Gasteiger partial charge in [-0.2, -0.15) is 42.1 Å². The average molecular weight is 924 g/mol. The van der Waals surface area contributed by atoms with E-state index >= 15 is 0 Å². The molecule has 334 valence electrons. The molecule has 70 heavy (non-hydrogen) atoms. The quantitative estimate of drug-likeness (QED) is 0.156. The molecule has 0 bridgehead atoms. The summed E-state index contributed by atoms with van der Waals surface area (Å²) in [5.41, 5.74) is 4.13. The zero-order valence-electron chi connectivity index (χ0n) is 36.4. The lowest BCUT2D eigenvalue weighted by Gasteiger charge is -2.22. The first-order valence-electron chi connectivity index (χ1n) is 21.9. The van der Waals surface area contributed by atoms with E-state index in [-0.39, 0.29) is 22.3 Å². The highest BCUT2D eigenvalue weighted by Crippen LogP contribution is 2.48. The van der Waals surface area contributed by atoms with E-state index in [9.17, 15) is 42.1 Å². The van der Waals surface area contributed by atoms with Crippen LogP contribution in [-0.2, 0) is 12.4 Å². The Bertz CT molecular complexity index is 4060. The Kier molecular flexibility index (Phi) is 10.2. The number of benzene rings is 9. The van der Waals surface area contributed by atoms with Crippen LogP contribution in [0, 0.1) is 34.0 Å². The smallest absolute Gasteiger partial charge is 0.309 e. The molecule has 0 saturated heterocycles. The Labute approximate surface area is 395 Å². The molecule has 0 aliphatic rings. The number of fused-ring (bicyclic) bond motifs is 6. The molecule has 11 heteroatoms. The predicted octanol–water partition coefficient (Wildman–Crippen LogP) is 16.2. The number of hydrogen-bond acceptors (Lipinski definition) is 3. The van der Waals surface area contributed by atoms with Crippen LogP contribution in [-0.4, -0.2) is 9.13 Å². The van der Waals surface area contributed by atoms with Crippen LogP contribution >= 0.6 is 0 Å². The van der Waals surface area contributed by atoms with Crippen LogP contribution in [0.4, 0.5) is 26.3 Å². The van der Waals surface area contributed by atoms with Crippen molar-refractivity contribution in [3.8, 4) is 74.1 Å². The van der Waals surface area contributed by atoms with Gasteiger partial charge in [-0.1, -0.05) is 97.1 Å². The lowest BCUT2D eigenvalue weighted by Crippen LogP contribution is -2.14. The fourth-order valence-electron chi connectivity index (χ4n) is 9.91. The van der Waals surface area contributed by atoms with E-state index in [0.29, 0.717) is 51.2 Å². The molecule has 0 atom stereocenters. The second kappa shape index (κ2) is 16.4. The number of alkyl halides is 6. The Hall–Kier alpha value is -9.37. The van der Waals surface area contributed by atoms with Crippen LogP contribution in [0.15, 0.2) is 188 Å². The summed E-state index contributed by atoms with van der Waals surface area (Å²) in [5, 5.41) is 34.1. The van der Waals surface area contributed by atoms with Gasteiger partial charge in [0.25, 0.3) is 0 Å². The molecule has 0 aliphatic carbocycles. The molecule has 0 radical (unpaired) electrons. The largest absolute Gasteiger partial charge is 0.417 e.